The van der Waals surface area contributed by atoms with Crippen molar-refractivity contribution >= 4 is 17.5 Å². The van der Waals surface area contributed by atoms with Crippen molar-refractivity contribution in [2.75, 3.05) is 6.26 Å². The Morgan fingerprint density at radius 1 is 0.941 bits per heavy atom. The molecule has 1 aliphatic rings. The van der Waals surface area contributed by atoms with Crippen LogP contribution in [0.2, 0.25) is 0 Å². The number of hydrogen-bond donors (Lipinski definition) is 0. The molecule has 0 N–H and O–H groups in total. The van der Waals surface area contributed by atoms with Gasteiger partial charge in [0.2, 0.25) is 0 Å². The molecule has 2 aromatic carbocycles. The first kappa shape index (κ1) is 10.6. The fourth-order valence-corrected chi connectivity index (χ4v) is 2.84. The Balaban J connectivity index is 2.17. The predicted octanol–water partition coefficient (Wildman–Crippen LogP) is 3.76. The SMILES string of the molecule is CSCc1ccc2c(c1)C(=O)c1ccccc1-2. The van der Waals surface area contributed by atoms with Gasteiger partial charge < -0.3 is 0 Å². The number of carbonyl (C=O) groups excluding carboxylic acids is 1. The summed E-state index contributed by atoms with van der Waals surface area (Å²) in [6.07, 6.45) is 2.07. The third-order valence-electron chi connectivity index (χ3n) is 3.10. The van der Waals surface area contributed by atoms with Crippen molar-refractivity contribution in [3.05, 3.63) is 59.2 Å². The zero-order valence-electron chi connectivity index (χ0n) is 9.57. The number of hydrogen-bond acceptors (Lipinski definition) is 2. The average Bonchev–Trinajstić information content (AvgIpc) is 2.65. The van der Waals surface area contributed by atoms with E-state index in [1.54, 1.807) is 11.8 Å². The van der Waals surface area contributed by atoms with Gasteiger partial charge in [0.05, 0.1) is 0 Å². The summed E-state index contributed by atoms with van der Waals surface area (Å²) in [6.45, 7) is 0. The fourth-order valence-electron chi connectivity index (χ4n) is 2.33. The lowest BCUT2D eigenvalue weighted by atomic mass is 10.0. The highest BCUT2D eigenvalue weighted by Gasteiger charge is 2.25. The molecule has 0 aliphatic heterocycles. The smallest absolute Gasteiger partial charge is 0.194 e. The second-order valence-corrected chi connectivity index (χ2v) is 5.05. The van der Waals surface area contributed by atoms with Crippen LogP contribution in [0, 0.1) is 0 Å². The minimum absolute atomic E-state index is 0.165. The normalized spacial score (nSPS) is 12.4. The van der Waals surface area contributed by atoms with Gasteiger partial charge in [-0.05, 0) is 29.0 Å². The summed E-state index contributed by atoms with van der Waals surface area (Å²) >= 11 is 1.77. The van der Waals surface area contributed by atoms with E-state index in [1.807, 2.05) is 30.3 Å². The van der Waals surface area contributed by atoms with Gasteiger partial charge in [-0.2, -0.15) is 11.8 Å². The lowest BCUT2D eigenvalue weighted by molar-refractivity contribution is 0.104. The van der Waals surface area contributed by atoms with Gasteiger partial charge in [0.1, 0.15) is 0 Å². The van der Waals surface area contributed by atoms with E-state index in [-0.39, 0.29) is 5.78 Å². The van der Waals surface area contributed by atoms with Crippen LogP contribution < -0.4 is 0 Å². The second-order valence-electron chi connectivity index (χ2n) is 4.19. The van der Waals surface area contributed by atoms with Gasteiger partial charge in [-0.1, -0.05) is 36.4 Å². The van der Waals surface area contributed by atoms with E-state index in [9.17, 15) is 4.79 Å². The van der Waals surface area contributed by atoms with Crippen LogP contribution in [-0.4, -0.2) is 12.0 Å². The Labute approximate surface area is 105 Å². The van der Waals surface area contributed by atoms with Crippen LogP contribution in [0.1, 0.15) is 21.5 Å². The molecule has 84 valence electrons. The van der Waals surface area contributed by atoms with Crippen molar-refractivity contribution in [3.8, 4) is 11.1 Å². The Morgan fingerprint density at radius 3 is 2.41 bits per heavy atom. The molecule has 1 nitrogen and oxygen atoms in total. The maximum absolute atomic E-state index is 12.2. The predicted molar refractivity (Wildman–Crippen MR) is 72.5 cm³/mol. The van der Waals surface area contributed by atoms with E-state index >= 15 is 0 Å². The largest absolute Gasteiger partial charge is 0.289 e. The zero-order valence-corrected chi connectivity index (χ0v) is 10.4. The second kappa shape index (κ2) is 4.04. The highest BCUT2D eigenvalue weighted by molar-refractivity contribution is 7.97. The van der Waals surface area contributed by atoms with Crippen molar-refractivity contribution in [1.29, 1.82) is 0 Å². The van der Waals surface area contributed by atoms with Crippen LogP contribution >= 0.6 is 11.8 Å². The minimum atomic E-state index is 0.165. The number of carbonyl (C=O) groups is 1. The highest BCUT2D eigenvalue weighted by Crippen LogP contribution is 2.36. The zero-order chi connectivity index (χ0) is 11.8. The van der Waals surface area contributed by atoms with Crippen molar-refractivity contribution in [2.45, 2.75) is 5.75 Å². The van der Waals surface area contributed by atoms with Crippen LogP contribution in [0.3, 0.4) is 0 Å². The molecule has 3 rings (SSSR count). The maximum atomic E-state index is 12.2. The first-order valence-corrected chi connectivity index (χ1v) is 6.96. The average molecular weight is 240 g/mol. The summed E-state index contributed by atoms with van der Waals surface area (Å²) < 4.78 is 0. The molecule has 1 aliphatic carbocycles. The van der Waals surface area contributed by atoms with Gasteiger partial charge in [-0.3, -0.25) is 4.79 Å². The van der Waals surface area contributed by atoms with Crippen LogP contribution in [0.15, 0.2) is 42.5 Å². The van der Waals surface area contributed by atoms with Crippen molar-refractivity contribution in [2.24, 2.45) is 0 Å². The first-order chi connectivity index (χ1) is 8.31. The Kier molecular flexibility index (Phi) is 2.52. The lowest BCUT2D eigenvalue weighted by Gasteiger charge is -2.02. The number of ketones is 1. The summed E-state index contributed by atoms with van der Waals surface area (Å²) in [6, 6.07) is 14.1. The topological polar surface area (TPSA) is 17.1 Å². The molecule has 0 saturated carbocycles. The van der Waals surface area contributed by atoms with E-state index in [1.165, 1.54) is 5.56 Å². The summed E-state index contributed by atoms with van der Waals surface area (Å²) in [5.41, 5.74) is 5.07. The van der Waals surface area contributed by atoms with Gasteiger partial charge in [-0.15, -0.1) is 0 Å². The molecule has 0 saturated heterocycles. The van der Waals surface area contributed by atoms with Gasteiger partial charge in [0, 0.05) is 16.9 Å². The van der Waals surface area contributed by atoms with E-state index in [4.69, 9.17) is 0 Å². The molecule has 2 heteroatoms. The van der Waals surface area contributed by atoms with Gasteiger partial charge in [0.25, 0.3) is 0 Å². The standard InChI is InChI=1S/C15H12OS/c1-17-9-10-6-7-12-11-4-2-3-5-13(11)15(16)14(12)8-10/h2-8H,9H2,1H3. The molecule has 0 heterocycles. The van der Waals surface area contributed by atoms with Gasteiger partial charge >= 0.3 is 0 Å². The Morgan fingerprint density at radius 2 is 1.65 bits per heavy atom. The molecule has 0 atom stereocenters. The molecule has 0 bridgehead atoms. The van der Waals surface area contributed by atoms with E-state index < -0.39 is 0 Å². The van der Waals surface area contributed by atoms with Gasteiger partial charge in [0.15, 0.2) is 5.78 Å². The Hall–Kier alpha value is -1.54. The maximum Gasteiger partial charge on any atom is 0.194 e. The quantitative estimate of drug-likeness (QED) is 0.678. The van der Waals surface area contributed by atoms with Gasteiger partial charge in [-0.25, -0.2) is 0 Å². The van der Waals surface area contributed by atoms with Crippen molar-refractivity contribution < 1.29 is 4.79 Å². The molecule has 0 spiro atoms. The van der Waals surface area contributed by atoms with Crippen LogP contribution in [-0.2, 0) is 5.75 Å². The van der Waals surface area contributed by atoms with Crippen molar-refractivity contribution in [3.63, 3.8) is 0 Å². The third-order valence-corrected chi connectivity index (χ3v) is 3.72. The highest BCUT2D eigenvalue weighted by atomic mass is 32.2. The van der Waals surface area contributed by atoms with Crippen LogP contribution in [0.25, 0.3) is 11.1 Å². The third kappa shape index (κ3) is 1.60. The molecule has 0 aromatic heterocycles. The summed E-state index contributed by atoms with van der Waals surface area (Å²) in [5, 5.41) is 0. The summed E-state index contributed by atoms with van der Waals surface area (Å²) in [7, 11) is 0. The molecule has 0 amide bonds. The van der Waals surface area contributed by atoms with E-state index in [0.29, 0.717) is 0 Å². The van der Waals surface area contributed by atoms with E-state index in [2.05, 4.69) is 18.4 Å². The number of rotatable bonds is 2. The minimum Gasteiger partial charge on any atom is -0.289 e. The Bertz CT molecular complexity index is 602. The van der Waals surface area contributed by atoms with Crippen molar-refractivity contribution in [1.82, 2.24) is 0 Å². The molecular weight excluding hydrogens is 228 g/mol. The number of benzene rings is 2. The van der Waals surface area contributed by atoms with E-state index in [0.717, 1.165) is 28.0 Å². The lowest BCUT2D eigenvalue weighted by Crippen LogP contribution is -1.95. The molecule has 0 radical (unpaired) electrons. The molecular formula is C15H12OS. The summed E-state index contributed by atoms with van der Waals surface area (Å²) in [4.78, 5) is 12.2. The monoisotopic (exact) mass is 240 g/mol. The molecule has 2 aromatic rings. The summed E-state index contributed by atoms with van der Waals surface area (Å²) in [5.74, 6) is 1.12. The number of fused-ring (bicyclic) bond motifs is 3. The first-order valence-electron chi connectivity index (χ1n) is 5.57. The molecule has 17 heavy (non-hydrogen) atoms. The van der Waals surface area contributed by atoms with Crippen LogP contribution in [0.4, 0.5) is 0 Å². The van der Waals surface area contributed by atoms with Crippen LogP contribution in [0.5, 0.6) is 0 Å². The molecule has 0 unspecified atom stereocenters. The number of thioether (sulfide) groups is 1. The molecule has 0 fully saturated rings. The fraction of sp³-hybridized carbons (Fsp3) is 0.133.